The van der Waals surface area contributed by atoms with Crippen molar-refractivity contribution < 1.29 is 17.9 Å². The Morgan fingerprint density at radius 3 is 2.21 bits per heavy atom. The van der Waals surface area contributed by atoms with Gasteiger partial charge in [0.05, 0.1) is 30.1 Å². The molecule has 148 valence electrons. The number of ether oxygens (including phenoxy) is 1. The number of hydrogen-bond acceptors (Lipinski definition) is 3. The fourth-order valence-electron chi connectivity index (χ4n) is 3.58. The van der Waals surface area contributed by atoms with Gasteiger partial charge in [-0.05, 0) is 53.6 Å². The molecule has 3 aromatic rings. The molecular weight excluding hydrogens is 377 g/mol. The molecule has 29 heavy (non-hydrogen) atoms. The molecule has 0 unspecified atom stereocenters. The van der Waals surface area contributed by atoms with Crippen LogP contribution in [0, 0.1) is 0 Å². The van der Waals surface area contributed by atoms with Crippen LogP contribution in [0.25, 0.3) is 0 Å². The first-order chi connectivity index (χ1) is 14.0. The van der Waals surface area contributed by atoms with Crippen LogP contribution in [-0.2, 0) is 6.18 Å². The predicted octanol–water partition coefficient (Wildman–Crippen LogP) is 6.07. The van der Waals surface area contributed by atoms with Crippen LogP contribution in [0.2, 0.25) is 0 Å². The highest BCUT2D eigenvalue weighted by Gasteiger charge is 2.39. The molecule has 0 saturated carbocycles. The number of halogens is 3. The Morgan fingerprint density at radius 1 is 0.897 bits per heavy atom. The van der Waals surface area contributed by atoms with Gasteiger partial charge in [-0.2, -0.15) is 18.3 Å². The van der Waals surface area contributed by atoms with Crippen LogP contribution in [0.5, 0.6) is 5.75 Å². The van der Waals surface area contributed by atoms with Crippen molar-refractivity contribution in [2.45, 2.75) is 18.6 Å². The third-order valence-electron chi connectivity index (χ3n) is 4.98. The Morgan fingerprint density at radius 2 is 1.55 bits per heavy atom. The lowest BCUT2D eigenvalue weighted by Crippen LogP contribution is -2.22. The molecule has 0 bridgehead atoms. The number of hydrogen-bond donors (Lipinski definition) is 0. The standard InChI is InChI=1S/C23H19F3N2O/c1-29-18-13-11-16(12-14-18)21-15-22(28(27-21)17-7-3-2-4-8-17)19-9-5-6-10-20(19)23(24,25)26/h2-14,22H,15H2,1H3/t22-/m1/s1. The number of para-hydroxylation sites is 1. The highest BCUT2D eigenvalue weighted by Crippen LogP contribution is 2.42. The first-order valence-corrected chi connectivity index (χ1v) is 9.19. The number of nitrogens with zero attached hydrogens (tertiary/aromatic N) is 2. The molecule has 1 heterocycles. The number of benzene rings is 3. The maximum atomic E-state index is 13.7. The van der Waals surface area contributed by atoms with Gasteiger partial charge in [0, 0.05) is 6.42 Å². The molecule has 3 nitrogen and oxygen atoms in total. The lowest BCUT2D eigenvalue weighted by molar-refractivity contribution is -0.138. The van der Waals surface area contributed by atoms with Crippen LogP contribution in [0.4, 0.5) is 18.9 Å². The van der Waals surface area contributed by atoms with E-state index < -0.39 is 17.8 Å². The van der Waals surface area contributed by atoms with Gasteiger partial charge in [-0.15, -0.1) is 0 Å². The van der Waals surface area contributed by atoms with Gasteiger partial charge in [-0.25, -0.2) is 0 Å². The Balaban J connectivity index is 1.78. The molecule has 6 heteroatoms. The number of methoxy groups -OCH3 is 1. The molecule has 0 fully saturated rings. The van der Waals surface area contributed by atoms with E-state index in [0.29, 0.717) is 12.2 Å². The maximum Gasteiger partial charge on any atom is 0.416 e. The second-order valence-corrected chi connectivity index (χ2v) is 6.76. The minimum Gasteiger partial charge on any atom is -0.497 e. The van der Waals surface area contributed by atoms with E-state index in [1.54, 1.807) is 18.2 Å². The van der Waals surface area contributed by atoms with Crippen molar-refractivity contribution in [2.24, 2.45) is 5.10 Å². The third kappa shape index (κ3) is 3.83. The lowest BCUT2D eigenvalue weighted by Gasteiger charge is -2.26. The zero-order chi connectivity index (χ0) is 20.4. The van der Waals surface area contributed by atoms with Gasteiger partial charge >= 0.3 is 6.18 Å². The summed E-state index contributed by atoms with van der Waals surface area (Å²) >= 11 is 0. The molecule has 1 aliphatic rings. The Kier molecular flexibility index (Phi) is 5.01. The summed E-state index contributed by atoms with van der Waals surface area (Å²) in [7, 11) is 1.59. The summed E-state index contributed by atoms with van der Waals surface area (Å²) < 4.78 is 46.2. The number of anilines is 1. The van der Waals surface area contributed by atoms with E-state index in [1.807, 2.05) is 54.6 Å². The zero-order valence-electron chi connectivity index (χ0n) is 15.7. The number of rotatable bonds is 4. The van der Waals surface area contributed by atoms with Gasteiger partial charge in [0.2, 0.25) is 0 Å². The molecule has 3 aromatic carbocycles. The smallest absolute Gasteiger partial charge is 0.416 e. The predicted molar refractivity (Wildman–Crippen MR) is 107 cm³/mol. The number of hydrazone groups is 1. The fourth-order valence-corrected chi connectivity index (χ4v) is 3.58. The van der Waals surface area contributed by atoms with Gasteiger partial charge in [-0.3, -0.25) is 5.01 Å². The molecule has 4 rings (SSSR count). The van der Waals surface area contributed by atoms with E-state index >= 15 is 0 Å². The summed E-state index contributed by atoms with van der Waals surface area (Å²) in [5, 5.41) is 6.39. The largest absolute Gasteiger partial charge is 0.497 e. The molecule has 0 spiro atoms. The first kappa shape index (κ1) is 19.1. The average molecular weight is 396 g/mol. The van der Waals surface area contributed by atoms with Crippen LogP contribution in [0.15, 0.2) is 84.0 Å². The van der Waals surface area contributed by atoms with Gasteiger partial charge in [0.1, 0.15) is 5.75 Å². The molecule has 0 amide bonds. The van der Waals surface area contributed by atoms with Crippen molar-refractivity contribution in [2.75, 3.05) is 12.1 Å². The van der Waals surface area contributed by atoms with Crippen molar-refractivity contribution in [3.05, 3.63) is 95.6 Å². The van der Waals surface area contributed by atoms with E-state index in [-0.39, 0.29) is 5.56 Å². The fraction of sp³-hybridized carbons (Fsp3) is 0.174. The molecule has 0 saturated heterocycles. The summed E-state index contributed by atoms with van der Waals surface area (Å²) in [4.78, 5) is 0. The van der Waals surface area contributed by atoms with E-state index in [9.17, 15) is 13.2 Å². The van der Waals surface area contributed by atoms with Crippen LogP contribution < -0.4 is 9.75 Å². The highest BCUT2D eigenvalue weighted by molar-refractivity contribution is 6.03. The maximum absolute atomic E-state index is 13.7. The van der Waals surface area contributed by atoms with Crippen LogP contribution >= 0.6 is 0 Å². The Labute approximate surface area is 167 Å². The van der Waals surface area contributed by atoms with E-state index in [1.165, 1.54) is 12.1 Å². The van der Waals surface area contributed by atoms with Crippen molar-refractivity contribution in [1.82, 2.24) is 0 Å². The highest BCUT2D eigenvalue weighted by atomic mass is 19.4. The zero-order valence-corrected chi connectivity index (χ0v) is 15.7. The van der Waals surface area contributed by atoms with Crippen LogP contribution in [0.1, 0.15) is 29.2 Å². The van der Waals surface area contributed by atoms with Gasteiger partial charge in [0.25, 0.3) is 0 Å². The van der Waals surface area contributed by atoms with Crippen molar-refractivity contribution in [3.63, 3.8) is 0 Å². The summed E-state index contributed by atoms with van der Waals surface area (Å²) in [5.74, 6) is 0.714. The molecule has 1 atom stereocenters. The molecule has 0 N–H and O–H groups in total. The second-order valence-electron chi connectivity index (χ2n) is 6.76. The second kappa shape index (κ2) is 7.62. The Bertz CT molecular complexity index is 1010. The molecule has 0 aliphatic carbocycles. The normalized spacial score (nSPS) is 16.6. The van der Waals surface area contributed by atoms with Gasteiger partial charge < -0.3 is 4.74 Å². The first-order valence-electron chi connectivity index (χ1n) is 9.19. The summed E-state index contributed by atoms with van der Waals surface area (Å²) in [6.45, 7) is 0. The molecule has 0 radical (unpaired) electrons. The number of alkyl halides is 3. The summed E-state index contributed by atoms with van der Waals surface area (Å²) in [5.41, 5.74) is 1.93. The summed E-state index contributed by atoms with van der Waals surface area (Å²) in [6, 6.07) is 21.8. The monoisotopic (exact) mass is 396 g/mol. The van der Waals surface area contributed by atoms with Crippen LogP contribution in [0.3, 0.4) is 0 Å². The third-order valence-corrected chi connectivity index (χ3v) is 4.98. The van der Waals surface area contributed by atoms with Crippen molar-refractivity contribution >= 4 is 11.4 Å². The van der Waals surface area contributed by atoms with Crippen molar-refractivity contribution in [3.8, 4) is 5.75 Å². The summed E-state index contributed by atoms with van der Waals surface area (Å²) in [6.07, 6.45) is -4.06. The quantitative estimate of drug-likeness (QED) is 0.535. The minimum atomic E-state index is -4.43. The van der Waals surface area contributed by atoms with E-state index in [4.69, 9.17) is 9.84 Å². The average Bonchev–Trinajstić information content (AvgIpc) is 3.19. The van der Waals surface area contributed by atoms with Gasteiger partial charge in [0.15, 0.2) is 0 Å². The molecule has 1 aliphatic heterocycles. The van der Waals surface area contributed by atoms with E-state index in [0.717, 1.165) is 23.0 Å². The van der Waals surface area contributed by atoms with Gasteiger partial charge in [-0.1, -0.05) is 36.4 Å². The molecule has 0 aromatic heterocycles. The minimum absolute atomic E-state index is 0.219. The SMILES string of the molecule is COc1ccc(C2=NN(c3ccccc3)[C@@H](c3ccccc3C(F)(F)F)C2)cc1. The topological polar surface area (TPSA) is 24.8 Å². The lowest BCUT2D eigenvalue weighted by atomic mass is 9.94. The Hall–Kier alpha value is -3.28. The van der Waals surface area contributed by atoms with Crippen LogP contribution in [-0.4, -0.2) is 12.8 Å². The molecular formula is C23H19F3N2O. The van der Waals surface area contributed by atoms with E-state index in [2.05, 4.69) is 0 Å². The van der Waals surface area contributed by atoms with Crippen molar-refractivity contribution in [1.29, 1.82) is 0 Å².